The molecule has 2 saturated carbocycles. The molecule has 1 saturated heterocycles. The average molecular weight is 452 g/mol. The number of rotatable bonds is 6. The number of piperidine rings is 1. The minimum atomic E-state index is -0.549. The molecule has 0 spiro atoms. The van der Waals surface area contributed by atoms with Gasteiger partial charge in [-0.3, -0.25) is 19.7 Å². The first kappa shape index (κ1) is 22.6. The van der Waals surface area contributed by atoms with Gasteiger partial charge in [0.1, 0.15) is 6.04 Å². The molecule has 2 aliphatic heterocycles. The van der Waals surface area contributed by atoms with Gasteiger partial charge in [-0.05, 0) is 74.0 Å². The first-order valence-corrected chi connectivity index (χ1v) is 12.9. The smallest absolute Gasteiger partial charge is 0.255 e. The monoisotopic (exact) mass is 451 g/mol. The van der Waals surface area contributed by atoms with E-state index in [0.717, 1.165) is 12.0 Å². The summed E-state index contributed by atoms with van der Waals surface area (Å²) in [6.45, 7) is 5.25. The standard InChI is InChI=1S/C27H37N3O3/c1-17(27(2)12-5-13-27)28-22-7-4-3-6-19(22)14-18-8-9-21-20(15-18)16-30(26(21)33)23-10-11-24(31)29-25(23)32/h8-9,15,17,19,22-23,28H,3-7,10-14,16H2,1-2H3,(H,29,31,32)/t17?,19-,22+,23?/m1/s1. The van der Waals surface area contributed by atoms with Crippen LogP contribution < -0.4 is 10.6 Å². The topological polar surface area (TPSA) is 78.5 Å². The van der Waals surface area contributed by atoms with Crippen molar-refractivity contribution in [3.8, 4) is 0 Å². The summed E-state index contributed by atoms with van der Waals surface area (Å²) in [5.41, 5.74) is 3.45. The highest BCUT2D eigenvalue weighted by atomic mass is 16.2. The van der Waals surface area contributed by atoms with Gasteiger partial charge >= 0.3 is 0 Å². The highest BCUT2D eigenvalue weighted by Crippen LogP contribution is 2.44. The van der Waals surface area contributed by atoms with E-state index in [0.29, 0.717) is 41.9 Å². The van der Waals surface area contributed by atoms with Crippen molar-refractivity contribution < 1.29 is 14.4 Å². The average Bonchev–Trinajstić information content (AvgIpc) is 3.09. The Kier molecular flexibility index (Phi) is 6.06. The molecule has 178 valence electrons. The highest BCUT2D eigenvalue weighted by molar-refractivity contribution is 6.05. The van der Waals surface area contributed by atoms with Crippen molar-refractivity contribution in [2.75, 3.05) is 0 Å². The lowest BCUT2D eigenvalue weighted by molar-refractivity contribution is -0.136. The van der Waals surface area contributed by atoms with Crippen molar-refractivity contribution >= 4 is 17.7 Å². The number of amides is 3. The van der Waals surface area contributed by atoms with Gasteiger partial charge < -0.3 is 10.2 Å². The first-order chi connectivity index (χ1) is 15.8. The molecular formula is C27H37N3O3. The van der Waals surface area contributed by atoms with Crippen LogP contribution in [-0.2, 0) is 22.6 Å². The zero-order valence-corrected chi connectivity index (χ0v) is 20.0. The van der Waals surface area contributed by atoms with Gasteiger partial charge in [0.05, 0.1) is 0 Å². The Bertz CT molecular complexity index is 954. The Morgan fingerprint density at radius 2 is 1.91 bits per heavy atom. The fraction of sp³-hybridized carbons (Fsp3) is 0.667. The predicted molar refractivity (Wildman–Crippen MR) is 126 cm³/mol. The van der Waals surface area contributed by atoms with Crippen molar-refractivity contribution in [2.45, 2.75) is 103 Å². The van der Waals surface area contributed by atoms with E-state index in [1.807, 2.05) is 6.07 Å². The Balaban J connectivity index is 1.26. The summed E-state index contributed by atoms with van der Waals surface area (Å²) >= 11 is 0. The zero-order valence-electron chi connectivity index (χ0n) is 20.0. The normalized spacial score (nSPS) is 29.9. The van der Waals surface area contributed by atoms with Gasteiger partial charge in [0.2, 0.25) is 11.8 Å². The maximum atomic E-state index is 13.0. The lowest BCUT2D eigenvalue weighted by atomic mass is 9.65. The van der Waals surface area contributed by atoms with E-state index < -0.39 is 6.04 Å². The van der Waals surface area contributed by atoms with Gasteiger partial charge in [-0.15, -0.1) is 0 Å². The molecule has 6 nitrogen and oxygen atoms in total. The molecule has 0 radical (unpaired) electrons. The lowest BCUT2D eigenvalue weighted by Crippen LogP contribution is -2.52. The Morgan fingerprint density at radius 1 is 1.12 bits per heavy atom. The lowest BCUT2D eigenvalue weighted by Gasteiger charge is -2.47. The van der Waals surface area contributed by atoms with Crippen molar-refractivity contribution in [1.29, 1.82) is 0 Å². The molecule has 4 aliphatic rings. The van der Waals surface area contributed by atoms with E-state index in [2.05, 4.69) is 36.6 Å². The number of nitrogens with zero attached hydrogens (tertiary/aromatic N) is 1. The first-order valence-electron chi connectivity index (χ1n) is 12.9. The molecule has 0 aromatic heterocycles. The maximum Gasteiger partial charge on any atom is 0.255 e. The van der Waals surface area contributed by atoms with Crippen molar-refractivity contribution in [2.24, 2.45) is 11.3 Å². The van der Waals surface area contributed by atoms with Crippen LogP contribution in [0.1, 0.15) is 93.1 Å². The van der Waals surface area contributed by atoms with E-state index in [9.17, 15) is 14.4 Å². The molecule has 1 aromatic rings. The maximum absolute atomic E-state index is 13.0. The molecule has 3 amide bonds. The van der Waals surface area contributed by atoms with E-state index >= 15 is 0 Å². The third kappa shape index (κ3) is 4.34. The van der Waals surface area contributed by atoms with Gasteiger partial charge in [0.25, 0.3) is 5.91 Å². The van der Waals surface area contributed by atoms with Gasteiger partial charge in [-0.1, -0.05) is 38.3 Å². The number of nitrogens with one attached hydrogen (secondary N) is 2. The second-order valence-corrected chi connectivity index (χ2v) is 11.1. The molecule has 2 aliphatic carbocycles. The van der Waals surface area contributed by atoms with Gasteiger partial charge in [-0.25, -0.2) is 0 Å². The molecular weight excluding hydrogens is 414 g/mol. The summed E-state index contributed by atoms with van der Waals surface area (Å²) in [4.78, 5) is 38.4. The molecule has 33 heavy (non-hydrogen) atoms. The number of hydrogen-bond donors (Lipinski definition) is 2. The van der Waals surface area contributed by atoms with Crippen molar-refractivity contribution in [1.82, 2.24) is 15.5 Å². The SMILES string of the molecule is CC(N[C@H]1CCCC[C@@H]1Cc1ccc2c(c1)CN(C1CCC(=O)NC1=O)C2=O)C1(C)CCC1. The van der Waals surface area contributed by atoms with Gasteiger partial charge in [0, 0.05) is 30.6 Å². The van der Waals surface area contributed by atoms with E-state index in [1.165, 1.54) is 50.5 Å². The van der Waals surface area contributed by atoms with E-state index in [-0.39, 0.29) is 24.1 Å². The number of carbonyl (C=O) groups is 3. The summed E-state index contributed by atoms with van der Waals surface area (Å²) < 4.78 is 0. The number of hydrogen-bond acceptors (Lipinski definition) is 4. The van der Waals surface area contributed by atoms with Crippen LogP contribution in [0.15, 0.2) is 18.2 Å². The van der Waals surface area contributed by atoms with E-state index in [4.69, 9.17) is 0 Å². The van der Waals surface area contributed by atoms with Crippen LogP contribution in [0.25, 0.3) is 0 Å². The van der Waals surface area contributed by atoms with Crippen LogP contribution in [0.2, 0.25) is 0 Å². The largest absolute Gasteiger partial charge is 0.322 e. The minimum absolute atomic E-state index is 0.0918. The number of carbonyl (C=O) groups excluding carboxylic acids is 3. The highest BCUT2D eigenvalue weighted by Gasteiger charge is 2.40. The molecule has 2 N–H and O–H groups in total. The Labute approximate surface area is 196 Å². The number of fused-ring (bicyclic) bond motifs is 1. The molecule has 5 rings (SSSR count). The van der Waals surface area contributed by atoms with Crippen LogP contribution >= 0.6 is 0 Å². The van der Waals surface area contributed by atoms with E-state index in [1.54, 1.807) is 4.90 Å². The fourth-order valence-electron chi connectivity index (χ4n) is 6.42. The number of imide groups is 1. The minimum Gasteiger partial charge on any atom is -0.322 e. The summed E-state index contributed by atoms with van der Waals surface area (Å²) in [6, 6.07) is 6.79. The van der Waals surface area contributed by atoms with Crippen LogP contribution in [0.3, 0.4) is 0 Å². The number of benzene rings is 1. The van der Waals surface area contributed by atoms with Crippen LogP contribution in [0.4, 0.5) is 0 Å². The predicted octanol–water partition coefficient (Wildman–Crippen LogP) is 3.72. The van der Waals surface area contributed by atoms with Gasteiger partial charge in [-0.2, -0.15) is 0 Å². The second kappa shape index (κ2) is 8.86. The van der Waals surface area contributed by atoms with Crippen LogP contribution in [0.5, 0.6) is 0 Å². The molecule has 4 atom stereocenters. The second-order valence-electron chi connectivity index (χ2n) is 11.1. The third-order valence-electron chi connectivity index (χ3n) is 9.00. The van der Waals surface area contributed by atoms with Crippen LogP contribution in [0, 0.1) is 11.3 Å². The fourth-order valence-corrected chi connectivity index (χ4v) is 6.42. The summed E-state index contributed by atoms with van der Waals surface area (Å²) in [5.74, 6) is -0.0749. The summed E-state index contributed by atoms with van der Waals surface area (Å²) in [6.07, 6.45) is 10.8. The van der Waals surface area contributed by atoms with Crippen LogP contribution in [-0.4, -0.2) is 40.7 Å². The molecule has 3 fully saturated rings. The third-order valence-corrected chi connectivity index (χ3v) is 9.00. The Hall–Kier alpha value is -2.21. The molecule has 2 heterocycles. The molecule has 2 unspecified atom stereocenters. The van der Waals surface area contributed by atoms with Crippen molar-refractivity contribution in [3.05, 3.63) is 34.9 Å². The zero-order chi connectivity index (χ0) is 23.2. The summed E-state index contributed by atoms with van der Waals surface area (Å²) in [7, 11) is 0. The Morgan fingerprint density at radius 3 is 2.64 bits per heavy atom. The molecule has 1 aromatic carbocycles. The quantitative estimate of drug-likeness (QED) is 0.646. The summed E-state index contributed by atoms with van der Waals surface area (Å²) in [5, 5.41) is 6.39. The molecule has 6 heteroatoms. The van der Waals surface area contributed by atoms with Gasteiger partial charge in [0.15, 0.2) is 0 Å². The van der Waals surface area contributed by atoms with Crippen molar-refractivity contribution in [3.63, 3.8) is 0 Å². The molecule has 0 bridgehead atoms.